The van der Waals surface area contributed by atoms with Gasteiger partial charge in [0.15, 0.2) is 0 Å². The average molecular weight is 351 g/mol. The highest BCUT2D eigenvalue weighted by Crippen LogP contribution is 2.33. The SMILES string of the molecule is CCOC(=O)C(C(=O)OCC)c1nc(Cl)c(Cl)cc1[N+](=O)[O-]. The number of hydrogen-bond donors (Lipinski definition) is 0. The van der Waals surface area contributed by atoms with Crippen molar-refractivity contribution in [2.45, 2.75) is 19.8 Å². The highest BCUT2D eigenvalue weighted by Gasteiger charge is 2.39. The number of ether oxygens (including phenoxy) is 2. The summed E-state index contributed by atoms with van der Waals surface area (Å²) >= 11 is 11.4. The summed E-state index contributed by atoms with van der Waals surface area (Å²) in [6.45, 7) is 3.00. The molecular formula is C12H12Cl2N2O6. The molecule has 1 aromatic heterocycles. The Bertz CT molecular complexity index is 590. The Morgan fingerprint density at radius 2 is 1.77 bits per heavy atom. The highest BCUT2D eigenvalue weighted by molar-refractivity contribution is 6.41. The lowest BCUT2D eigenvalue weighted by atomic mass is 10.0. The summed E-state index contributed by atoms with van der Waals surface area (Å²) in [5, 5.41) is 10.7. The molecule has 0 saturated carbocycles. The second-order valence-corrected chi connectivity index (χ2v) is 4.62. The van der Waals surface area contributed by atoms with Crippen molar-refractivity contribution in [3.63, 3.8) is 0 Å². The molecule has 0 aromatic carbocycles. The summed E-state index contributed by atoms with van der Waals surface area (Å²) < 4.78 is 9.50. The van der Waals surface area contributed by atoms with Crippen molar-refractivity contribution in [1.29, 1.82) is 0 Å². The second-order valence-electron chi connectivity index (χ2n) is 3.86. The van der Waals surface area contributed by atoms with Crippen molar-refractivity contribution < 1.29 is 24.0 Å². The lowest BCUT2D eigenvalue weighted by Crippen LogP contribution is -2.28. The van der Waals surface area contributed by atoms with Crippen LogP contribution in [0.5, 0.6) is 0 Å². The van der Waals surface area contributed by atoms with Crippen LogP contribution in [-0.2, 0) is 19.1 Å². The standard InChI is InChI=1S/C12H12Cl2N2O6/c1-3-21-11(17)8(12(18)22-4-2)9-7(16(19)20)5-6(13)10(14)15-9/h5,8H,3-4H2,1-2H3. The number of carbonyl (C=O) groups is 2. The third-order valence-electron chi connectivity index (χ3n) is 2.46. The molecule has 0 bridgehead atoms. The number of nitro groups is 1. The summed E-state index contributed by atoms with van der Waals surface area (Å²) in [5.74, 6) is -3.75. The van der Waals surface area contributed by atoms with Gasteiger partial charge in [-0.2, -0.15) is 0 Å². The van der Waals surface area contributed by atoms with Gasteiger partial charge in [0.1, 0.15) is 10.8 Å². The van der Waals surface area contributed by atoms with Gasteiger partial charge in [0.2, 0.25) is 5.92 Å². The number of hydrogen-bond acceptors (Lipinski definition) is 7. The van der Waals surface area contributed by atoms with E-state index in [-0.39, 0.29) is 23.4 Å². The third-order valence-corrected chi connectivity index (χ3v) is 3.13. The van der Waals surface area contributed by atoms with Crippen molar-refractivity contribution >= 4 is 40.8 Å². The van der Waals surface area contributed by atoms with Crippen molar-refractivity contribution in [1.82, 2.24) is 4.98 Å². The van der Waals surface area contributed by atoms with Gasteiger partial charge >= 0.3 is 11.9 Å². The fraction of sp³-hybridized carbons (Fsp3) is 0.417. The molecule has 1 heterocycles. The van der Waals surface area contributed by atoms with E-state index in [1.165, 1.54) is 13.8 Å². The molecule has 0 fully saturated rings. The predicted octanol–water partition coefficient (Wildman–Crippen LogP) is 2.51. The van der Waals surface area contributed by atoms with E-state index in [1.807, 2.05) is 0 Å². The average Bonchev–Trinajstić information content (AvgIpc) is 2.43. The van der Waals surface area contributed by atoms with Gasteiger partial charge in [-0.15, -0.1) is 0 Å². The van der Waals surface area contributed by atoms with Gasteiger partial charge in [-0.05, 0) is 13.8 Å². The Labute approximate surface area is 135 Å². The maximum atomic E-state index is 12.0. The van der Waals surface area contributed by atoms with E-state index in [0.29, 0.717) is 0 Å². The fourth-order valence-corrected chi connectivity index (χ4v) is 1.89. The summed E-state index contributed by atoms with van der Waals surface area (Å²) in [5.41, 5.74) is -1.10. The quantitative estimate of drug-likeness (QED) is 0.255. The summed E-state index contributed by atoms with van der Waals surface area (Å²) in [6, 6.07) is 0.914. The molecule has 0 aliphatic heterocycles. The second kappa shape index (κ2) is 7.90. The molecule has 0 saturated heterocycles. The molecule has 8 nitrogen and oxygen atoms in total. The first-order valence-electron chi connectivity index (χ1n) is 6.17. The molecule has 10 heteroatoms. The Morgan fingerprint density at radius 3 is 2.18 bits per heavy atom. The zero-order chi connectivity index (χ0) is 16.9. The third kappa shape index (κ3) is 4.05. The smallest absolute Gasteiger partial charge is 0.326 e. The number of rotatable bonds is 6. The van der Waals surface area contributed by atoms with Gasteiger partial charge in [0.25, 0.3) is 5.69 Å². The minimum Gasteiger partial charge on any atom is -0.465 e. The van der Waals surface area contributed by atoms with Crippen LogP contribution in [0.25, 0.3) is 0 Å². The number of halogens is 2. The molecule has 0 atom stereocenters. The monoisotopic (exact) mass is 350 g/mol. The molecule has 0 N–H and O–H groups in total. The van der Waals surface area contributed by atoms with Crippen LogP contribution in [0.3, 0.4) is 0 Å². The van der Waals surface area contributed by atoms with Crippen molar-refractivity contribution in [2.24, 2.45) is 0 Å². The van der Waals surface area contributed by atoms with Gasteiger partial charge in [-0.1, -0.05) is 23.2 Å². The van der Waals surface area contributed by atoms with E-state index in [9.17, 15) is 19.7 Å². The van der Waals surface area contributed by atoms with Crippen molar-refractivity contribution in [3.05, 3.63) is 32.1 Å². The predicted molar refractivity (Wildman–Crippen MR) is 76.9 cm³/mol. The molecule has 0 aliphatic carbocycles. The summed E-state index contributed by atoms with van der Waals surface area (Å²) in [7, 11) is 0. The molecule has 0 radical (unpaired) electrons. The highest BCUT2D eigenvalue weighted by atomic mass is 35.5. The van der Waals surface area contributed by atoms with Gasteiger partial charge in [0.05, 0.1) is 23.2 Å². The van der Waals surface area contributed by atoms with Crippen LogP contribution >= 0.6 is 23.2 Å². The van der Waals surface area contributed by atoms with Gasteiger partial charge in [-0.3, -0.25) is 19.7 Å². The molecule has 120 valence electrons. The van der Waals surface area contributed by atoms with Crippen LogP contribution in [-0.4, -0.2) is 35.1 Å². The van der Waals surface area contributed by atoms with Gasteiger partial charge in [0, 0.05) is 6.07 Å². The lowest BCUT2D eigenvalue weighted by molar-refractivity contribution is -0.386. The summed E-state index contributed by atoms with van der Waals surface area (Å²) in [4.78, 5) is 37.9. The van der Waals surface area contributed by atoms with E-state index >= 15 is 0 Å². The molecule has 0 amide bonds. The lowest BCUT2D eigenvalue weighted by Gasteiger charge is -2.14. The molecule has 0 spiro atoms. The Morgan fingerprint density at radius 1 is 1.27 bits per heavy atom. The molecule has 1 rings (SSSR count). The van der Waals surface area contributed by atoms with Crippen LogP contribution in [0.4, 0.5) is 5.69 Å². The molecule has 0 unspecified atom stereocenters. The summed E-state index contributed by atoms with van der Waals surface area (Å²) in [6.07, 6.45) is 0. The van der Waals surface area contributed by atoms with Crippen LogP contribution < -0.4 is 0 Å². The zero-order valence-corrected chi connectivity index (χ0v) is 13.2. The zero-order valence-electron chi connectivity index (χ0n) is 11.7. The van der Waals surface area contributed by atoms with E-state index in [4.69, 9.17) is 32.7 Å². The van der Waals surface area contributed by atoms with E-state index < -0.39 is 34.2 Å². The number of aromatic nitrogens is 1. The normalized spacial score (nSPS) is 10.4. The molecule has 1 aromatic rings. The van der Waals surface area contributed by atoms with E-state index in [0.717, 1.165) is 6.07 Å². The number of nitrogens with zero attached hydrogens (tertiary/aromatic N) is 2. The Balaban J connectivity index is 3.47. The largest absolute Gasteiger partial charge is 0.465 e. The van der Waals surface area contributed by atoms with Gasteiger partial charge in [-0.25, -0.2) is 4.98 Å². The Hall–Kier alpha value is -1.93. The maximum absolute atomic E-state index is 12.0. The fourth-order valence-electron chi connectivity index (χ4n) is 1.60. The first-order valence-corrected chi connectivity index (χ1v) is 6.92. The van der Waals surface area contributed by atoms with Crippen LogP contribution in [0.2, 0.25) is 10.2 Å². The van der Waals surface area contributed by atoms with Crippen LogP contribution in [0.1, 0.15) is 25.5 Å². The van der Waals surface area contributed by atoms with Crippen molar-refractivity contribution in [3.8, 4) is 0 Å². The minimum absolute atomic E-state index is 0.0240. The van der Waals surface area contributed by atoms with Gasteiger partial charge < -0.3 is 9.47 Å². The molecule has 22 heavy (non-hydrogen) atoms. The number of esters is 2. The number of pyridine rings is 1. The van der Waals surface area contributed by atoms with Crippen molar-refractivity contribution in [2.75, 3.05) is 13.2 Å². The first kappa shape index (κ1) is 18.1. The molecule has 0 aliphatic rings. The number of carbonyl (C=O) groups excluding carboxylic acids is 2. The van der Waals surface area contributed by atoms with Crippen LogP contribution in [0, 0.1) is 10.1 Å². The molecular weight excluding hydrogens is 339 g/mol. The maximum Gasteiger partial charge on any atom is 0.326 e. The van der Waals surface area contributed by atoms with E-state index in [1.54, 1.807) is 0 Å². The Kier molecular flexibility index (Phi) is 6.51. The first-order chi connectivity index (χ1) is 10.3. The minimum atomic E-state index is -1.71. The topological polar surface area (TPSA) is 109 Å². The van der Waals surface area contributed by atoms with Crippen LogP contribution in [0.15, 0.2) is 6.07 Å². The van der Waals surface area contributed by atoms with E-state index in [2.05, 4.69) is 4.98 Å².